The Kier molecular flexibility index (Phi) is 10.9. The van der Waals surface area contributed by atoms with E-state index in [1.165, 1.54) is 25.2 Å². The number of carbonyl (C=O) groups excluding carboxylic acids is 1. The fraction of sp³-hybridized carbons (Fsp3) is 0.429. The SMILES string of the molecule is Br.COc1cc2c(c(F)c1OC)C(=N)N(CC(=O)c1cc(OCCCC#N)c(OCC(=O)O)c(C(C)(C)C)c1)C2. The maximum Gasteiger partial charge on any atom is 0.341 e. The zero-order chi connectivity index (χ0) is 28.9. The average molecular weight is 622 g/mol. The van der Waals surface area contributed by atoms with Crippen LogP contribution in [0.15, 0.2) is 18.2 Å². The number of methoxy groups -OCH3 is 2. The lowest BCUT2D eigenvalue weighted by Gasteiger charge is -2.26. The number of halogens is 2. The van der Waals surface area contributed by atoms with E-state index in [-0.39, 0.29) is 88.8 Å². The van der Waals surface area contributed by atoms with Crippen LogP contribution in [0.1, 0.15) is 60.7 Å². The van der Waals surface area contributed by atoms with Gasteiger partial charge in [-0.15, -0.1) is 17.0 Å². The van der Waals surface area contributed by atoms with Gasteiger partial charge in [-0.05, 0) is 35.6 Å². The Hall–Kier alpha value is -3.85. The number of nitriles is 1. The molecule has 12 heteroatoms. The number of ketones is 1. The molecular weight excluding hydrogens is 589 g/mol. The number of carboxylic acid groups (broad SMARTS) is 1. The summed E-state index contributed by atoms with van der Waals surface area (Å²) in [4.78, 5) is 26.2. The van der Waals surface area contributed by atoms with Crippen LogP contribution >= 0.6 is 17.0 Å². The van der Waals surface area contributed by atoms with Crippen molar-refractivity contribution < 1.29 is 38.0 Å². The molecule has 0 radical (unpaired) electrons. The number of nitrogens with one attached hydrogen (secondary N) is 1. The monoisotopic (exact) mass is 621 g/mol. The molecular formula is C28H33BrFN3O7. The molecule has 0 amide bonds. The third kappa shape index (κ3) is 7.01. The van der Waals surface area contributed by atoms with Gasteiger partial charge in [-0.2, -0.15) is 5.26 Å². The number of unbranched alkanes of at least 4 members (excludes halogenated alkanes) is 1. The minimum absolute atomic E-state index is 0. The molecule has 0 unspecified atom stereocenters. The molecule has 2 aromatic rings. The van der Waals surface area contributed by atoms with E-state index in [9.17, 15) is 9.59 Å². The minimum atomic E-state index is -1.17. The van der Waals surface area contributed by atoms with Crippen LogP contribution in [-0.2, 0) is 16.8 Å². The van der Waals surface area contributed by atoms with Crippen molar-refractivity contribution in [2.75, 3.05) is 34.0 Å². The normalized spacial score (nSPS) is 12.2. The van der Waals surface area contributed by atoms with Gasteiger partial charge in [-0.25, -0.2) is 9.18 Å². The molecule has 1 aliphatic rings. The van der Waals surface area contributed by atoms with Gasteiger partial charge in [-0.1, -0.05) is 20.8 Å². The Balaban J connectivity index is 0.00000560. The van der Waals surface area contributed by atoms with Crippen molar-refractivity contribution in [3.8, 4) is 29.1 Å². The van der Waals surface area contributed by atoms with Crippen molar-refractivity contribution in [1.82, 2.24) is 4.90 Å². The maximum atomic E-state index is 15.1. The van der Waals surface area contributed by atoms with Crippen LogP contribution in [0.3, 0.4) is 0 Å². The highest BCUT2D eigenvalue weighted by molar-refractivity contribution is 8.93. The Bertz CT molecular complexity index is 1330. The van der Waals surface area contributed by atoms with Crippen LogP contribution in [0.5, 0.6) is 23.0 Å². The highest BCUT2D eigenvalue weighted by Crippen LogP contribution is 2.41. The van der Waals surface area contributed by atoms with Crippen LogP contribution in [0, 0.1) is 22.6 Å². The lowest BCUT2D eigenvalue weighted by Crippen LogP contribution is -2.30. The summed E-state index contributed by atoms with van der Waals surface area (Å²) in [5.41, 5.74) is 0.816. The minimum Gasteiger partial charge on any atom is -0.493 e. The Labute approximate surface area is 242 Å². The zero-order valence-electron chi connectivity index (χ0n) is 23.1. The summed E-state index contributed by atoms with van der Waals surface area (Å²) in [6, 6.07) is 6.73. The van der Waals surface area contributed by atoms with Gasteiger partial charge in [0, 0.05) is 24.1 Å². The summed E-state index contributed by atoms with van der Waals surface area (Å²) >= 11 is 0. The van der Waals surface area contributed by atoms with E-state index in [4.69, 9.17) is 34.7 Å². The van der Waals surface area contributed by atoms with Crippen molar-refractivity contribution in [2.24, 2.45) is 0 Å². The smallest absolute Gasteiger partial charge is 0.341 e. The summed E-state index contributed by atoms with van der Waals surface area (Å²) in [5.74, 6) is -1.93. The van der Waals surface area contributed by atoms with Gasteiger partial charge < -0.3 is 29.0 Å². The van der Waals surface area contributed by atoms with E-state index in [1.807, 2.05) is 26.8 Å². The summed E-state index contributed by atoms with van der Waals surface area (Å²) < 4.78 is 36.9. The first-order chi connectivity index (χ1) is 18.4. The Morgan fingerprint density at radius 2 is 1.82 bits per heavy atom. The van der Waals surface area contributed by atoms with Gasteiger partial charge in [0.2, 0.25) is 0 Å². The number of rotatable bonds is 12. The van der Waals surface area contributed by atoms with Gasteiger partial charge >= 0.3 is 5.97 Å². The number of Topliss-reactive ketones (excluding diaryl/α,β-unsaturated/α-hetero) is 1. The highest BCUT2D eigenvalue weighted by Gasteiger charge is 2.33. The fourth-order valence-corrected chi connectivity index (χ4v) is 4.27. The molecule has 40 heavy (non-hydrogen) atoms. The van der Waals surface area contributed by atoms with E-state index in [2.05, 4.69) is 0 Å². The van der Waals surface area contributed by atoms with Crippen LogP contribution in [0.25, 0.3) is 0 Å². The molecule has 0 bridgehead atoms. The topological polar surface area (TPSA) is 142 Å². The third-order valence-electron chi connectivity index (χ3n) is 6.16. The lowest BCUT2D eigenvalue weighted by molar-refractivity contribution is -0.139. The molecule has 1 heterocycles. The molecule has 10 nitrogen and oxygen atoms in total. The van der Waals surface area contributed by atoms with Gasteiger partial charge in [-0.3, -0.25) is 10.2 Å². The molecule has 0 saturated carbocycles. The van der Waals surface area contributed by atoms with Gasteiger partial charge in [0.1, 0.15) is 5.84 Å². The Morgan fingerprint density at radius 3 is 2.40 bits per heavy atom. The second-order valence-corrected chi connectivity index (χ2v) is 9.98. The number of fused-ring (bicyclic) bond motifs is 1. The molecule has 2 aromatic carbocycles. The summed E-state index contributed by atoms with van der Waals surface area (Å²) in [5, 5.41) is 26.5. The molecule has 0 saturated heterocycles. The molecule has 216 valence electrons. The molecule has 0 aromatic heterocycles. The fourth-order valence-electron chi connectivity index (χ4n) is 4.27. The maximum absolute atomic E-state index is 15.1. The van der Waals surface area contributed by atoms with Crippen molar-refractivity contribution in [1.29, 1.82) is 10.7 Å². The Morgan fingerprint density at radius 1 is 1.12 bits per heavy atom. The molecule has 1 aliphatic heterocycles. The number of nitrogens with zero attached hydrogens (tertiary/aromatic N) is 2. The standard InChI is InChI=1S/C28H32FN3O7.BrH/c1-28(2,3)18-10-16(11-21(38-9-7-6-8-30)25(18)39-15-22(34)35)19(33)14-32-13-17-12-20(36-4)26(37-5)24(29)23(17)27(32)31;/h10-12,31H,6-7,9,13-15H2,1-5H3,(H,34,35);1H. The van der Waals surface area contributed by atoms with Crippen LogP contribution in [-0.4, -0.2) is 61.6 Å². The van der Waals surface area contributed by atoms with Crippen molar-refractivity contribution >= 4 is 34.6 Å². The van der Waals surface area contributed by atoms with Crippen molar-refractivity contribution in [3.63, 3.8) is 0 Å². The first-order valence-corrected chi connectivity index (χ1v) is 12.3. The molecule has 0 aliphatic carbocycles. The number of aliphatic carboxylic acids is 1. The van der Waals surface area contributed by atoms with E-state index in [1.54, 1.807) is 12.1 Å². The van der Waals surface area contributed by atoms with Crippen molar-refractivity contribution in [3.05, 3.63) is 46.3 Å². The first-order valence-electron chi connectivity index (χ1n) is 12.3. The predicted octanol–water partition coefficient (Wildman–Crippen LogP) is 4.89. The summed E-state index contributed by atoms with van der Waals surface area (Å²) in [7, 11) is 2.70. The average Bonchev–Trinajstić information content (AvgIpc) is 3.19. The van der Waals surface area contributed by atoms with Gasteiger partial charge in [0.25, 0.3) is 0 Å². The lowest BCUT2D eigenvalue weighted by atomic mass is 9.84. The number of hydrogen-bond acceptors (Lipinski definition) is 8. The molecule has 0 fully saturated rings. The molecule has 0 spiro atoms. The van der Waals surface area contributed by atoms with Crippen LogP contribution in [0.2, 0.25) is 0 Å². The largest absolute Gasteiger partial charge is 0.493 e. The second kappa shape index (κ2) is 13.5. The first kappa shape index (κ1) is 32.4. The molecule has 2 N–H and O–H groups in total. The zero-order valence-corrected chi connectivity index (χ0v) is 24.8. The van der Waals surface area contributed by atoms with E-state index in [0.717, 1.165) is 0 Å². The van der Waals surface area contributed by atoms with E-state index in [0.29, 0.717) is 17.5 Å². The van der Waals surface area contributed by atoms with Crippen molar-refractivity contribution in [2.45, 2.75) is 45.6 Å². The molecule has 3 rings (SSSR count). The van der Waals surface area contributed by atoms with Crippen LogP contribution < -0.4 is 18.9 Å². The number of benzene rings is 2. The summed E-state index contributed by atoms with van der Waals surface area (Å²) in [6.07, 6.45) is 0.694. The second-order valence-electron chi connectivity index (χ2n) is 9.98. The number of carbonyl (C=O) groups is 2. The predicted molar refractivity (Wildman–Crippen MR) is 150 cm³/mol. The number of ether oxygens (including phenoxy) is 4. The van der Waals surface area contributed by atoms with E-state index >= 15 is 4.39 Å². The quantitative estimate of drug-likeness (QED) is 0.250. The van der Waals surface area contributed by atoms with Gasteiger partial charge in [0.05, 0.1) is 39.0 Å². The number of amidine groups is 1. The summed E-state index contributed by atoms with van der Waals surface area (Å²) in [6.45, 7) is 5.13. The highest BCUT2D eigenvalue weighted by atomic mass is 79.9. The third-order valence-corrected chi connectivity index (χ3v) is 6.16. The van der Waals surface area contributed by atoms with E-state index < -0.39 is 23.8 Å². The van der Waals surface area contributed by atoms with Crippen LogP contribution in [0.4, 0.5) is 4.39 Å². The van der Waals surface area contributed by atoms with Gasteiger partial charge in [0.15, 0.2) is 41.2 Å². The molecule has 0 atom stereocenters. The number of hydrogen-bond donors (Lipinski definition) is 2. The number of carboxylic acids is 1.